The Morgan fingerprint density at radius 1 is 1.30 bits per heavy atom. The van der Waals surface area contributed by atoms with Gasteiger partial charge in [0, 0.05) is 21.7 Å². The minimum atomic E-state index is -0.255. The molecule has 3 fully saturated rings. The number of benzene rings is 1. The van der Waals surface area contributed by atoms with Crippen LogP contribution in [0.25, 0.3) is 0 Å². The molecule has 0 spiro atoms. The van der Waals surface area contributed by atoms with Crippen molar-refractivity contribution in [3.05, 3.63) is 28.2 Å². The van der Waals surface area contributed by atoms with Crippen LogP contribution in [-0.2, 0) is 4.74 Å². The molecule has 5 rings (SSSR count). The van der Waals surface area contributed by atoms with E-state index in [-0.39, 0.29) is 18.2 Å². The van der Waals surface area contributed by atoms with Crippen LogP contribution in [0.15, 0.2) is 27.6 Å². The summed E-state index contributed by atoms with van der Waals surface area (Å²) in [5, 5.41) is 3.09. The van der Waals surface area contributed by atoms with Gasteiger partial charge in [-0.25, -0.2) is 4.79 Å². The highest BCUT2D eigenvalue weighted by atomic mass is 79.9. The van der Waals surface area contributed by atoms with Crippen molar-refractivity contribution in [3.8, 4) is 0 Å². The van der Waals surface area contributed by atoms with Crippen molar-refractivity contribution >= 4 is 33.8 Å². The molecule has 0 saturated carbocycles. The van der Waals surface area contributed by atoms with E-state index in [2.05, 4.69) is 38.3 Å². The molecule has 4 heterocycles. The van der Waals surface area contributed by atoms with Gasteiger partial charge >= 0.3 is 6.09 Å². The van der Waals surface area contributed by atoms with Crippen molar-refractivity contribution in [2.24, 2.45) is 5.92 Å². The molecule has 1 aromatic rings. The van der Waals surface area contributed by atoms with Crippen LogP contribution in [0.2, 0.25) is 0 Å². The van der Waals surface area contributed by atoms with E-state index in [1.54, 1.807) is 0 Å². The topological polar surface area (TPSA) is 41.6 Å². The Bertz CT molecular complexity index is 604. The minimum Gasteiger partial charge on any atom is -0.445 e. The van der Waals surface area contributed by atoms with Crippen LogP contribution < -0.4 is 5.32 Å². The SMILES string of the molecule is O=C(NC1CCSc2cc(Br)ccc21)O[C@H]1CN2CCC1CC2. The Morgan fingerprint density at radius 3 is 2.87 bits per heavy atom. The summed E-state index contributed by atoms with van der Waals surface area (Å²) in [6.45, 7) is 3.23. The number of rotatable bonds is 2. The molecule has 1 amide bonds. The summed E-state index contributed by atoms with van der Waals surface area (Å²) < 4.78 is 6.84. The lowest BCUT2D eigenvalue weighted by Gasteiger charge is -2.44. The Kier molecular flexibility index (Phi) is 4.56. The van der Waals surface area contributed by atoms with Crippen molar-refractivity contribution in [1.82, 2.24) is 10.2 Å². The molecule has 3 saturated heterocycles. The third kappa shape index (κ3) is 3.39. The van der Waals surface area contributed by atoms with Crippen molar-refractivity contribution in [1.29, 1.82) is 0 Å². The van der Waals surface area contributed by atoms with Crippen LogP contribution in [0.4, 0.5) is 4.79 Å². The molecule has 4 aliphatic rings. The van der Waals surface area contributed by atoms with Gasteiger partial charge < -0.3 is 10.1 Å². The number of hydrogen-bond donors (Lipinski definition) is 1. The molecule has 1 unspecified atom stereocenters. The number of nitrogens with zero attached hydrogens (tertiary/aromatic N) is 1. The average molecular weight is 397 g/mol. The number of halogens is 1. The first-order chi connectivity index (χ1) is 11.2. The van der Waals surface area contributed by atoms with Crippen LogP contribution in [-0.4, -0.2) is 42.5 Å². The highest BCUT2D eigenvalue weighted by molar-refractivity contribution is 9.10. The molecule has 2 bridgehead atoms. The van der Waals surface area contributed by atoms with Gasteiger partial charge in [0.1, 0.15) is 6.10 Å². The number of nitrogens with one attached hydrogen (secondary N) is 1. The zero-order chi connectivity index (χ0) is 15.8. The zero-order valence-electron chi connectivity index (χ0n) is 13.0. The third-order valence-corrected chi connectivity index (χ3v) is 6.76. The van der Waals surface area contributed by atoms with Gasteiger partial charge in [-0.15, -0.1) is 11.8 Å². The number of thioether (sulfide) groups is 1. The summed E-state index contributed by atoms with van der Waals surface area (Å²) in [5.41, 5.74) is 1.20. The number of piperidine rings is 3. The largest absolute Gasteiger partial charge is 0.445 e. The summed E-state index contributed by atoms with van der Waals surface area (Å²) in [5.74, 6) is 1.57. The summed E-state index contributed by atoms with van der Waals surface area (Å²) in [6, 6.07) is 6.34. The van der Waals surface area contributed by atoms with Gasteiger partial charge in [0.2, 0.25) is 0 Å². The molecular weight excluding hydrogens is 376 g/mol. The van der Waals surface area contributed by atoms with Gasteiger partial charge in [-0.3, -0.25) is 4.90 Å². The number of alkyl carbamates (subject to hydrolysis) is 1. The number of ether oxygens (including phenoxy) is 1. The number of hydrogen-bond acceptors (Lipinski definition) is 4. The Hall–Kier alpha value is -0.720. The van der Waals surface area contributed by atoms with Crippen LogP contribution in [0, 0.1) is 5.92 Å². The first-order valence-corrected chi connectivity index (χ1v) is 10.1. The summed E-state index contributed by atoms with van der Waals surface area (Å²) in [6.07, 6.45) is 3.09. The predicted molar refractivity (Wildman–Crippen MR) is 94.8 cm³/mol. The summed E-state index contributed by atoms with van der Waals surface area (Å²) in [4.78, 5) is 16.0. The maximum Gasteiger partial charge on any atom is 0.407 e. The highest BCUT2D eigenvalue weighted by Crippen LogP contribution is 2.38. The lowest BCUT2D eigenvalue weighted by molar-refractivity contribution is -0.0339. The third-order valence-electron chi connectivity index (χ3n) is 5.16. The van der Waals surface area contributed by atoms with Crippen LogP contribution in [0.3, 0.4) is 0 Å². The van der Waals surface area contributed by atoms with Crippen molar-refractivity contribution < 1.29 is 9.53 Å². The second-order valence-corrected chi connectivity index (χ2v) is 8.65. The molecule has 0 radical (unpaired) electrons. The molecule has 124 valence electrons. The fourth-order valence-corrected chi connectivity index (χ4v) is 5.54. The van der Waals surface area contributed by atoms with E-state index in [4.69, 9.17) is 4.74 Å². The van der Waals surface area contributed by atoms with Gasteiger partial charge in [0.15, 0.2) is 0 Å². The molecular formula is C17H21BrN2O2S. The predicted octanol–water partition coefficient (Wildman–Crippen LogP) is 3.81. The first-order valence-electron chi connectivity index (χ1n) is 8.31. The molecule has 6 heteroatoms. The summed E-state index contributed by atoms with van der Waals surface area (Å²) in [7, 11) is 0. The first kappa shape index (κ1) is 15.8. The highest BCUT2D eigenvalue weighted by Gasteiger charge is 2.37. The monoisotopic (exact) mass is 396 g/mol. The van der Waals surface area contributed by atoms with Gasteiger partial charge in [0.25, 0.3) is 0 Å². The Balaban J connectivity index is 1.40. The van der Waals surface area contributed by atoms with Crippen molar-refractivity contribution in [2.45, 2.75) is 36.3 Å². The molecule has 1 aromatic carbocycles. The van der Waals surface area contributed by atoms with Crippen molar-refractivity contribution in [2.75, 3.05) is 25.4 Å². The maximum atomic E-state index is 12.4. The Labute approximate surface area is 149 Å². The minimum absolute atomic E-state index is 0.0629. The number of carbonyl (C=O) groups excluding carboxylic acids is 1. The molecule has 0 aliphatic carbocycles. The second-order valence-electron chi connectivity index (χ2n) is 6.60. The maximum absolute atomic E-state index is 12.4. The molecule has 4 nitrogen and oxygen atoms in total. The normalized spacial score (nSPS) is 32.2. The second kappa shape index (κ2) is 6.65. The summed E-state index contributed by atoms with van der Waals surface area (Å²) >= 11 is 5.37. The standard InChI is InChI=1S/C17H21BrN2O2S/c18-12-1-2-13-14(5-8-23-16(13)9-12)19-17(21)22-15-10-20-6-3-11(15)4-7-20/h1-2,9,11,14-15H,3-8,10H2,(H,19,21)/t14?,15-/m0/s1. The fourth-order valence-electron chi connectivity index (χ4n) is 3.87. The number of fused-ring (bicyclic) bond motifs is 4. The van der Waals surface area contributed by atoms with E-state index >= 15 is 0 Å². The van der Waals surface area contributed by atoms with E-state index < -0.39 is 0 Å². The molecule has 0 aromatic heterocycles. The Morgan fingerprint density at radius 2 is 2.13 bits per heavy atom. The van der Waals surface area contributed by atoms with Gasteiger partial charge in [0.05, 0.1) is 6.04 Å². The van der Waals surface area contributed by atoms with Crippen LogP contribution >= 0.6 is 27.7 Å². The van der Waals surface area contributed by atoms with Gasteiger partial charge in [-0.2, -0.15) is 0 Å². The fraction of sp³-hybridized carbons (Fsp3) is 0.588. The average Bonchev–Trinajstić information content (AvgIpc) is 2.56. The quantitative estimate of drug-likeness (QED) is 0.824. The lowest BCUT2D eigenvalue weighted by Crippen LogP contribution is -2.52. The molecule has 4 aliphatic heterocycles. The van der Waals surface area contributed by atoms with Gasteiger partial charge in [-0.1, -0.05) is 22.0 Å². The zero-order valence-corrected chi connectivity index (χ0v) is 15.4. The van der Waals surface area contributed by atoms with E-state index in [9.17, 15) is 4.79 Å². The van der Waals surface area contributed by atoms with Crippen molar-refractivity contribution in [3.63, 3.8) is 0 Å². The van der Waals surface area contributed by atoms with Crippen LogP contribution in [0.5, 0.6) is 0 Å². The number of amides is 1. The molecule has 1 N–H and O–H groups in total. The van der Waals surface area contributed by atoms with E-state index in [1.807, 2.05) is 17.8 Å². The number of carbonyl (C=O) groups is 1. The molecule has 23 heavy (non-hydrogen) atoms. The van der Waals surface area contributed by atoms with Crippen LogP contribution in [0.1, 0.15) is 30.9 Å². The van der Waals surface area contributed by atoms with Gasteiger partial charge in [-0.05, 0) is 56.0 Å². The smallest absolute Gasteiger partial charge is 0.407 e. The van der Waals surface area contributed by atoms with E-state index in [0.717, 1.165) is 49.1 Å². The van der Waals surface area contributed by atoms with E-state index in [1.165, 1.54) is 10.5 Å². The lowest BCUT2D eigenvalue weighted by atomic mass is 9.86. The van der Waals surface area contributed by atoms with E-state index in [0.29, 0.717) is 5.92 Å². The molecule has 2 atom stereocenters.